The third kappa shape index (κ3) is 3.60. The number of pyridine rings is 1. The Morgan fingerprint density at radius 2 is 2.38 bits per heavy atom. The van der Waals surface area contributed by atoms with Gasteiger partial charge in [-0.05, 0) is 12.5 Å². The first kappa shape index (κ1) is 16.9. The average molecular weight is 331 g/mol. The van der Waals surface area contributed by atoms with Crippen molar-refractivity contribution in [2.45, 2.75) is 12.5 Å². The number of rotatable bonds is 4. The second-order valence-electron chi connectivity index (χ2n) is 6.33. The maximum Gasteiger partial charge on any atom is 0.257 e. The monoisotopic (exact) mass is 331 g/mol. The fraction of sp³-hybridized carbons (Fsp3) is 0.556. The lowest BCUT2D eigenvalue weighted by molar-refractivity contribution is -0.0171. The fourth-order valence-electron chi connectivity index (χ4n) is 3.54. The predicted molar refractivity (Wildman–Crippen MR) is 91.2 cm³/mol. The molecule has 1 amide bonds. The van der Waals surface area contributed by atoms with E-state index in [-0.39, 0.29) is 12.0 Å². The summed E-state index contributed by atoms with van der Waals surface area (Å²) < 4.78 is 11.3. The molecular weight excluding hydrogens is 306 g/mol. The molecule has 1 aromatic rings. The van der Waals surface area contributed by atoms with Crippen LogP contribution < -0.4 is 4.74 Å². The van der Waals surface area contributed by atoms with Crippen molar-refractivity contribution < 1.29 is 14.3 Å². The van der Waals surface area contributed by atoms with Crippen LogP contribution in [0.15, 0.2) is 31.1 Å². The normalized spacial score (nSPS) is 24.8. The molecule has 3 heterocycles. The smallest absolute Gasteiger partial charge is 0.257 e. The fourth-order valence-corrected chi connectivity index (χ4v) is 3.54. The van der Waals surface area contributed by atoms with Crippen LogP contribution in [0.25, 0.3) is 0 Å². The van der Waals surface area contributed by atoms with Gasteiger partial charge in [-0.3, -0.25) is 14.7 Å². The van der Waals surface area contributed by atoms with Gasteiger partial charge in [0, 0.05) is 44.8 Å². The Bertz CT molecular complexity index is 593. The van der Waals surface area contributed by atoms with Crippen LogP contribution in [0.1, 0.15) is 16.8 Å². The van der Waals surface area contributed by atoms with Gasteiger partial charge in [0.15, 0.2) is 0 Å². The summed E-state index contributed by atoms with van der Waals surface area (Å²) in [6.07, 6.45) is 6.20. The summed E-state index contributed by atoms with van der Waals surface area (Å²) >= 11 is 0. The minimum atomic E-state index is -0.0107. The number of ether oxygens (including phenoxy) is 2. The van der Waals surface area contributed by atoms with Gasteiger partial charge in [0.25, 0.3) is 5.91 Å². The highest BCUT2D eigenvalue weighted by atomic mass is 16.5. The minimum Gasteiger partial charge on any atom is -0.494 e. The van der Waals surface area contributed by atoms with Crippen molar-refractivity contribution in [3.8, 4) is 5.75 Å². The molecule has 2 saturated heterocycles. The highest BCUT2D eigenvalue weighted by molar-refractivity contribution is 5.96. The Morgan fingerprint density at radius 3 is 3.17 bits per heavy atom. The number of likely N-dealkylation sites (tertiary alicyclic amines) is 1. The number of fused-ring (bicyclic) bond motifs is 1. The number of carbonyl (C=O) groups is 1. The SMILES string of the molecule is C=CCN1CCOC2CN(C(=O)c3ccncc3OC)CCC2C1. The zero-order valence-electron chi connectivity index (χ0n) is 14.2. The summed E-state index contributed by atoms with van der Waals surface area (Å²) in [6.45, 7) is 8.73. The summed E-state index contributed by atoms with van der Waals surface area (Å²) in [5, 5.41) is 0. The molecule has 2 unspecified atom stereocenters. The van der Waals surface area contributed by atoms with Crippen molar-refractivity contribution in [3.05, 3.63) is 36.7 Å². The van der Waals surface area contributed by atoms with E-state index in [1.807, 2.05) is 11.0 Å². The summed E-state index contributed by atoms with van der Waals surface area (Å²) in [5.41, 5.74) is 0.563. The van der Waals surface area contributed by atoms with Crippen molar-refractivity contribution in [2.24, 2.45) is 5.92 Å². The van der Waals surface area contributed by atoms with Gasteiger partial charge in [-0.15, -0.1) is 6.58 Å². The van der Waals surface area contributed by atoms with Crippen molar-refractivity contribution in [3.63, 3.8) is 0 Å². The van der Waals surface area contributed by atoms with Crippen LogP contribution >= 0.6 is 0 Å². The molecule has 0 N–H and O–H groups in total. The van der Waals surface area contributed by atoms with Gasteiger partial charge in [-0.2, -0.15) is 0 Å². The number of aromatic nitrogens is 1. The third-order valence-electron chi connectivity index (χ3n) is 4.84. The van der Waals surface area contributed by atoms with E-state index < -0.39 is 0 Å². The van der Waals surface area contributed by atoms with Gasteiger partial charge < -0.3 is 14.4 Å². The number of amides is 1. The molecule has 0 aromatic carbocycles. The highest BCUT2D eigenvalue weighted by Gasteiger charge is 2.35. The van der Waals surface area contributed by atoms with Gasteiger partial charge in [-0.25, -0.2) is 0 Å². The van der Waals surface area contributed by atoms with Crippen molar-refractivity contribution in [2.75, 3.05) is 46.4 Å². The molecule has 0 spiro atoms. The lowest BCUT2D eigenvalue weighted by atomic mass is 9.93. The second-order valence-corrected chi connectivity index (χ2v) is 6.33. The Balaban J connectivity index is 1.68. The molecule has 2 aliphatic rings. The van der Waals surface area contributed by atoms with Crippen LogP contribution in [-0.4, -0.2) is 73.2 Å². The van der Waals surface area contributed by atoms with E-state index in [1.165, 1.54) is 0 Å². The Kier molecular flexibility index (Phi) is 5.48. The molecule has 6 nitrogen and oxygen atoms in total. The first-order valence-electron chi connectivity index (χ1n) is 8.45. The van der Waals surface area contributed by atoms with Crippen LogP contribution in [0.2, 0.25) is 0 Å². The van der Waals surface area contributed by atoms with Crippen LogP contribution in [0.3, 0.4) is 0 Å². The largest absolute Gasteiger partial charge is 0.494 e. The summed E-state index contributed by atoms with van der Waals surface area (Å²) in [7, 11) is 1.56. The van der Waals surface area contributed by atoms with Crippen LogP contribution in [0.5, 0.6) is 5.75 Å². The zero-order chi connectivity index (χ0) is 16.9. The van der Waals surface area contributed by atoms with Crippen molar-refractivity contribution in [1.29, 1.82) is 0 Å². The Labute approximate surface area is 143 Å². The summed E-state index contributed by atoms with van der Waals surface area (Å²) in [6, 6.07) is 1.72. The molecule has 2 fully saturated rings. The van der Waals surface area contributed by atoms with Crippen LogP contribution in [0.4, 0.5) is 0 Å². The van der Waals surface area contributed by atoms with E-state index >= 15 is 0 Å². The van der Waals surface area contributed by atoms with Gasteiger partial charge in [-0.1, -0.05) is 6.08 Å². The lowest BCUT2D eigenvalue weighted by Crippen LogP contribution is -2.49. The quantitative estimate of drug-likeness (QED) is 0.782. The Morgan fingerprint density at radius 1 is 1.50 bits per heavy atom. The predicted octanol–water partition coefficient (Wildman–Crippen LogP) is 1.44. The van der Waals surface area contributed by atoms with Crippen molar-refractivity contribution >= 4 is 5.91 Å². The topological polar surface area (TPSA) is 54.9 Å². The number of methoxy groups -OCH3 is 1. The molecular formula is C18H25N3O3. The second kappa shape index (κ2) is 7.77. The number of piperidine rings is 1. The number of hydrogen-bond donors (Lipinski definition) is 0. The number of carbonyl (C=O) groups excluding carboxylic acids is 1. The maximum atomic E-state index is 12.8. The van der Waals surface area contributed by atoms with E-state index in [0.717, 1.165) is 32.6 Å². The number of nitrogens with zero attached hydrogens (tertiary/aromatic N) is 3. The van der Waals surface area contributed by atoms with Crippen molar-refractivity contribution in [1.82, 2.24) is 14.8 Å². The van der Waals surface area contributed by atoms with Gasteiger partial charge in [0.1, 0.15) is 5.75 Å². The van der Waals surface area contributed by atoms with E-state index in [9.17, 15) is 4.79 Å². The molecule has 3 rings (SSSR count). The first-order chi connectivity index (χ1) is 11.7. The van der Waals surface area contributed by atoms with E-state index in [4.69, 9.17) is 9.47 Å². The number of hydrogen-bond acceptors (Lipinski definition) is 5. The minimum absolute atomic E-state index is 0.0107. The summed E-state index contributed by atoms with van der Waals surface area (Å²) in [4.78, 5) is 21.1. The summed E-state index contributed by atoms with van der Waals surface area (Å²) in [5.74, 6) is 0.975. The molecule has 1 aromatic heterocycles. The molecule has 2 atom stereocenters. The zero-order valence-corrected chi connectivity index (χ0v) is 14.2. The molecule has 0 aliphatic carbocycles. The van der Waals surface area contributed by atoms with Gasteiger partial charge >= 0.3 is 0 Å². The highest BCUT2D eigenvalue weighted by Crippen LogP contribution is 2.26. The van der Waals surface area contributed by atoms with Gasteiger partial charge in [0.05, 0.1) is 31.6 Å². The maximum absolute atomic E-state index is 12.8. The third-order valence-corrected chi connectivity index (χ3v) is 4.84. The van der Waals surface area contributed by atoms with E-state index in [1.54, 1.807) is 25.6 Å². The van der Waals surface area contributed by atoms with E-state index in [2.05, 4.69) is 16.5 Å². The molecule has 0 radical (unpaired) electrons. The van der Waals surface area contributed by atoms with Crippen LogP contribution in [-0.2, 0) is 4.74 Å². The van der Waals surface area contributed by atoms with Crippen LogP contribution in [0, 0.1) is 5.92 Å². The first-order valence-corrected chi connectivity index (χ1v) is 8.45. The molecule has 130 valence electrons. The molecule has 24 heavy (non-hydrogen) atoms. The lowest BCUT2D eigenvalue weighted by Gasteiger charge is -2.38. The molecule has 0 bridgehead atoms. The Hall–Kier alpha value is -1.92. The molecule has 2 aliphatic heterocycles. The standard InChI is InChI=1S/C18H25N3O3/c1-3-7-20-9-10-24-17-13-21(8-5-14(17)12-20)18(22)15-4-6-19-11-16(15)23-2/h3-4,6,11,14,17H,1,5,7-10,12-13H2,2H3. The van der Waals surface area contributed by atoms with E-state index in [0.29, 0.717) is 30.4 Å². The average Bonchev–Trinajstić information content (AvgIpc) is 2.82. The van der Waals surface area contributed by atoms with Gasteiger partial charge in [0.2, 0.25) is 0 Å². The molecule has 0 saturated carbocycles. The molecule has 6 heteroatoms.